The molecule has 0 heterocycles. The molecule has 0 aliphatic carbocycles. The lowest BCUT2D eigenvalue weighted by atomic mass is 10.0. The molecule has 1 atom stereocenters. The Morgan fingerprint density at radius 2 is 0.513 bits per heavy atom. The van der Waals surface area contributed by atoms with Crippen molar-refractivity contribution < 1.29 is 28.6 Å². The Kier molecular flexibility index (Phi) is 60.8. The number of allylic oxidation sites excluding steroid dienone is 16. The molecule has 0 aliphatic rings. The molecule has 0 saturated heterocycles. The molecule has 0 fully saturated rings. The van der Waals surface area contributed by atoms with Gasteiger partial charge in [0.25, 0.3) is 0 Å². The normalized spacial score (nSPS) is 12.7. The highest BCUT2D eigenvalue weighted by Gasteiger charge is 2.19. The zero-order valence-corrected chi connectivity index (χ0v) is 50.0. The van der Waals surface area contributed by atoms with Crippen LogP contribution in [0.25, 0.3) is 0 Å². The number of hydrogen-bond donors (Lipinski definition) is 0. The number of rotatable bonds is 58. The maximum Gasteiger partial charge on any atom is 0.306 e. The van der Waals surface area contributed by atoms with Crippen molar-refractivity contribution >= 4 is 17.9 Å². The molecule has 0 bridgehead atoms. The number of ether oxygens (including phenoxy) is 3. The van der Waals surface area contributed by atoms with Gasteiger partial charge in [-0.1, -0.05) is 266 Å². The number of carbonyl (C=O) groups excluding carboxylic acids is 3. The van der Waals surface area contributed by atoms with Crippen LogP contribution >= 0.6 is 0 Å². The summed E-state index contributed by atoms with van der Waals surface area (Å²) in [6, 6.07) is 0. The number of unbranched alkanes of at least 4 members (excludes halogenated alkanes) is 31. The minimum Gasteiger partial charge on any atom is -0.462 e. The van der Waals surface area contributed by atoms with Gasteiger partial charge in [-0.2, -0.15) is 0 Å². The van der Waals surface area contributed by atoms with Crippen LogP contribution in [-0.2, 0) is 28.6 Å². The second kappa shape index (κ2) is 63.9. The predicted octanol–water partition coefficient (Wildman–Crippen LogP) is 22.0. The van der Waals surface area contributed by atoms with E-state index < -0.39 is 6.10 Å². The van der Waals surface area contributed by atoms with Gasteiger partial charge in [-0.05, 0) is 122 Å². The van der Waals surface area contributed by atoms with Crippen LogP contribution in [0.1, 0.15) is 310 Å². The molecule has 0 radical (unpaired) electrons. The molecule has 76 heavy (non-hydrogen) atoms. The van der Waals surface area contributed by atoms with Crippen molar-refractivity contribution in [1.82, 2.24) is 0 Å². The largest absolute Gasteiger partial charge is 0.462 e. The molecule has 0 aromatic rings. The molecule has 0 aromatic heterocycles. The molecule has 0 aliphatic heterocycles. The van der Waals surface area contributed by atoms with Crippen molar-refractivity contribution in [3.05, 3.63) is 97.2 Å². The third kappa shape index (κ3) is 61.2. The van der Waals surface area contributed by atoms with Crippen molar-refractivity contribution in [2.45, 2.75) is 316 Å². The highest BCUT2D eigenvalue weighted by atomic mass is 16.6. The molecule has 0 aromatic carbocycles. The smallest absolute Gasteiger partial charge is 0.306 e. The van der Waals surface area contributed by atoms with Crippen LogP contribution in [0, 0.1) is 0 Å². The van der Waals surface area contributed by atoms with E-state index >= 15 is 0 Å². The predicted molar refractivity (Wildman–Crippen MR) is 330 cm³/mol. The van der Waals surface area contributed by atoms with Gasteiger partial charge < -0.3 is 14.2 Å². The van der Waals surface area contributed by atoms with Crippen molar-refractivity contribution in [3.63, 3.8) is 0 Å². The number of esters is 3. The van der Waals surface area contributed by atoms with Crippen LogP contribution < -0.4 is 0 Å². The Labute approximate surface area is 470 Å². The van der Waals surface area contributed by atoms with Gasteiger partial charge in [-0.3, -0.25) is 14.4 Å². The van der Waals surface area contributed by atoms with Gasteiger partial charge in [0.1, 0.15) is 13.2 Å². The number of hydrogen-bond acceptors (Lipinski definition) is 6. The van der Waals surface area contributed by atoms with E-state index in [-0.39, 0.29) is 31.1 Å². The lowest BCUT2D eigenvalue weighted by Crippen LogP contribution is -2.30. The molecular formula is C70H120O6. The standard InChI is InChI=1S/C70H120O6/c1-4-7-10-13-16-19-22-25-27-29-30-31-32-33-34-35-36-37-38-39-40-41-43-45-48-51-54-57-60-63-69(72)75-66-67(65-74-68(71)62-59-56-53-50-47-44-24-21-18-15-12-9-6-3)76-70(73)64-61-58-55-52-49-46-42-28-26-23-20-17-14-11-8-5-2/h9,12,18,20-23,25,28-30,32-33,42,44,47,67H,4-8,10-11,13-17,19,24,26-27,31,34-41,43,45-46,48-66H2,1-3H3/b12-9-,21-18-,23-20-,25-22-,30-29-,33-32-,42-28-,47-44-. The quantitative estimate of drug-likeness (QED) is 0.0261. The van der Waals surface area contributed by atoms with Crippen LogP contribution in [0.4, 0.5) is 0 Å². The summed E-state index contributed by atoms with van der Waals surface area (Å²) in [5, 5.41) is 0. The molecule has 0 rings (SSSR count). The summed E-state index contributed by atoms with van der Waals surface area (Å²) >= 11 is 0. The van der Waals surface area contributed by atoms with Crippen LogP contribution in [0.15, 0.2) is 97.2 Å². The summed E-state index contributed by atoms with van der Waals surface area (Å²) in [5.41, 5.74) is 0. The Bertz CT molecular complexity index is 1490. The first kappa shape index (κ1) is 72.3. The van der Waals surface area contributed by atoms with E-state index in [1.807, 2.05) is 0 Å². The van der Waals surface area contributed by atoms with E-state index in [2.05, 4.69) is 118 Å². The molecule has 6 heteroatoms. The van der Waals surface area contributed by atoms with Crippen molar-refractivity contribution in [2.75, 3.05) is 13.2 Å². The monoisotopic (exact) mass is 1060 g/mol. The van der Waals surface area contributed by atoms with Crippen LogP contribution in [0.2, 0.25) is 0 Å². The van der Waals surface area contributed by atoms with E-state index in [1.165, 1.54) is 148 Å². The fourth-order valence-corrected chi connectivity index (χ4v) is 8.97. The molecule has 0 saturated carbocycles. The average Bonchev–Trinajstić information content (AvgIpc) is 3.42. The van der Waals surface area contributed by atoms with Crippen LogP contribution in [0.3, 0.4) is 0 Å². The highest BCUT2D eigenvalue weighted by molar-refractivity contribution is 5.71. The van der Waals surface area contributed by atoms with Gasteiger partial charge in [0, 0.05) is 19.3 Å². The number of carbonyl (C=O) groups is 3. The lowest BCUT2D eigenvalue weighted by Gasteiger charge is -2.18. The molecule has 1 unspecified atom stereocenters. The van der Waals surface area contributed by atoms with Crippen LogP contribution in [0.5, 0.6) is 0 Å². The Balaban J connectivity index is 4.26. The maximum absolute atomic E-state index is 12.9. The molecule has 436 valence electrons. The zero-order chi connectivity index (χ0) is 55.0. The molecule has 0 spiro atoms. The van der Waals surface area contributed by atoms with Gasteiger partial charge in [-0.15, -0.1) is 0 Å². The lowest BCUT2D eigenvalue weighted by molar-refractivity contribution is -0.167. The molecule has 0 amide bonds. The van der Waals surface area contributed by atoms with Crippen molar-refractivity contribution in [2.24, 2.45) is 0 Å². The third-order valence-electron chi connectivity index (χ3n) is 13.8. The second-order valence-electron chi connectivity index (χ2n) is 21.3. The van der Waals surface area contributed by atoms with Crippen molar-refractivity contribution in [3.8, 4) is 0 Å². The first-order chi connectivity index (χ1) is 37.5. The third-order valence-corrected chi connectivity index (χ3v) is 13.8. The summed E-state index contributed by atoms with van der Waals surface area (Å²) in [4.78, 5) is 38.2. The highest BCUT2D eigenvalue weighted by Crippen LogP contribution is 2.16. The minimum atomic E-state index is -0.798. The first-order valence-corrected chi connectivity index (χ1v) is 32.2. The Morgan fingerprint density at radius 1 is 0.276 bits per heavy atom. The van der Waals surface area contributed by atoms with E-state index in [4.69, 9.17) is 14.2 Å². The fraction of sp³-hybridized carbons (Fsp3) is 0.729. The fourth-order valence-electron chi connectivity index (χ4n) is 8.97. The maximum atomic E-state index is 12.9. The van der Waals surface area contributed by atoms with Gasteiger partial charge in [0.15, 0.2) is 6.10 Å². The molecule has 6 nitrogen and oxygen atoms in total. The van der Waals surface area contributed by atoms with E-state index in [1.54, 1.807) is 0 Å². The Hall–Kier alpha value is -3.67. The van der Waals surface area contributed by atoms with E-state index in [0.29, 0.717) is 19.3 Å². The van der Waals surface area contributed by atoms with Gasteiger partial charge in [0.05, 0.1) is 0 Å². The summed E-state index contributed by atoms with van der Waals surface area (Å²) < 4.78 is 16.9. The SMILES string of the molecule is CC/C=C\C/C=C\C/C=C\CCCCCC(=O)OCC(COC(=O)CCCCCCCCCCCCCCCC/C=C\C/C=C\C/C=C\CCCCCCC)OC(=O)CCCCCCC/C=C\C/C=C\CCCCCC. The second-order valence-corrected chi connectivity index (χ2v) is 21.3. The minimum absolute atomic E-state index is 0.0923. The van der Waals surface area contributed by atoms with Gasteiger partial charge in [0.2, 0.25) is 0 Å². The zero-order valence-electron chi connectivity index (χ0n) is 50.0. The first-order valence-electron chi connectivity index (χ1n) is 32.2. The molecule has 0 N–H and O–H groups in total. The summed E-state index contributed by atoms with van der Waals surface area (Å²) in [6.45, 7) is 6.48. The van der Waals surface area contributed by atoms with Gasteiger partial charge in [-0.25, -0.2) is 0 Å². The Morgan fingerprint density at radius 3 is 0.829 bits per heavy atom. The van der Waals surface area contributed by atoms with E-state index in [0.717, 1.165) is 122 Å². The molecular weight excluding hydrogens is 937 g/mol. The summed E-state index contributed by atoms with van der Waals surface area (Å²) in [7, 11) is 0. The topological polar surface area (TPSA) is 78.9 Å². The van der Waals surface area contributed by atoms with Gasteiger partial charge >= 0.3 is 17.9 Å². The summed E-state index contributed by atoms with van der Waals surface area (Å²) in [5.74, 6) is -0.930. The van der Waals surface area contributed by atoms with Crippen molar-refractivity contribution in [1.29, 1.82) is 0 Å². The average molecular weight is 1060 g/mol. The summed E-state index contributed by atoms with van der Waals surface area (Å²) in [6.07, 6.45) is 85.7. The van der Waals surface area contributed by atoms with Crippen LogP contribution in [-0.4, -0.2) is 37.2 Å². The van der Waals surface area contributed by atoms with E-state index in [9.17, 15) is 14.4 Å².